The Morgan fingerprint density at radius 3 is 2.62 bits per heavy atom. The smallest absolute Gasteiger partial charge is 0.136 e. The zero-order valence-electron chi connectivity index (χ0n) is 17.9. The van der Waals surface area contributed by atoms with Crippen molar-refractivity contribution in [3.05, 3.63) is 69.9 Å². The summed E-state index contributed by atoms with van der Waals surface area (Å²) in [6.45, 7) is 12.4. The molecular weight excluding hydrogens is 378 g/mol. The Kier molecular flexibility index (Phi) is 5.98. The summed E-state index contributed by atoms with van der Waals surface area (Å²) in [5.41, 5.74) is 5.42. The molecule has 0 aromatic heterocycles. The number of rotatable bonds is 2. The number of hydrogen-bond acceptors (Lipinski definition) is 3. The van der Waals surface area contributed by atoms with E-state index >= 15 is 0 Å². The van der Waals surface area contributed by atoms with Gasteiger partial charge in [0.2, 0.25) is 0 Å². The largest absolute Gasteiger partial charge is 0.354 e. The third-order valence-corrected chi connectivity index (χ3v) is 6.26. The third-order valence-electron chi connectivity index (χ3n) is 6.02. The van der Waals surface area contributed by atoms with Crippen molar-refractivity contribution in [3.8, 4) is 0 Å². The first kappa shape index (κ1) is 20.4. The molecule has 154 valence electrons. The first-order valence-corrected chi connectivity index (χ1v) is 11.2. The summed E-state index contributed by atoms with van der Waals surface area (Å²) < 4.78 is 0. The summed E-state index contributed by atoms with van der Waals surface area (Å²) in [6.07, 6.45) is 11.8. The molecule has 1 saturated heterocycles. The maximum Gasteiger partial charge on any atom is 0.136 e. The molecule has 4 rings (SSSR count). The van der Waals surface area contributed by atoms with Crippen molar-refractivity contribution in [2.45, 2.75) is 40.0 Å². The Labute approximate surface area is 180 Å². The molecule has 0 unspecified atom stereocenters. The molecule has 1 aromatic carbocycles. The van der Waals surface area contributed by atoms with Crippen LogP contribution in [0, 0.1) is 5.41 Å². The van der Waals surface area contributed by atoms with Crippen molar-refractivity contribution in [1.29, 1.82) is 0 Å². The second-order valence-electron chi connectivity index (χ2n) is 9.53. The maximum absolute atomic E-state index is 6.40. The Morgan fingerprint density at radius 2 is 1.86 bits per heavy atom. The summed E-state index contributed by atoms with van der Waals surface area (Å²) in [7, 11) is 0. The van der Waals surface area contributed by atoms with Crippen LogP contribution in [0.2, 0.25) is 5.02 Å². The van der Waals surface area contributed by atoms with Gasteiger partial charge in [0, 0.05) is 36.8 Å². The van der Waals surface area contributed by atoms with Crippen LogP contribution in [0.15, 0.2) is 58.8 Å². The second-order valence-corrected chi connectivity index (χ2v) is 9.97. The van der Waals surface area contributed by atoms with Crippen LogP contribution >= 0.6 is 11.6 Å². The van der Waals surface area contributed by atoms with Crippen LogP contribution in [-0.4, -0.2) is 48.4 Å². The van der Waals surface area contributed by atoms with Gasteiger partial charge in [-0.3, -0.25) is 4.90 Å². The average molecular weight is 410 g/mol. The molecule has 1 fully saturated rings. The van der Waals surface area contributed by atoms with Crippen LogP contribution < -0.4 is 0 Å². The van der Waals surface area contributed by atoms with E-state index in [4.69, 9.17) is 16.6 Å². The highest BCUT2D eigenvalue weighted by atomic mass is 35.5. The van der Waals surface area contributed by atoms with Gasteiger partial charge < -0.3 is 4.90 Å². The molecule has 3 nitrogen and oxygen atoms in total. The molecule has 4 heteroatoms. The van der Waals surface area contributed by atoms with E-state index < -0.39 is 0 Å². The van der Waals surface area contributed by atoms with Crippen molar-refractivity contribution in [3.63, 3.8) is 0 Å². The summed E-state index contributed by atoms with van der Waals surface area (Å²) in [6, 6.07) is 6.30. The quantitative estimate of drug-likeness (QED) is 0.645. The van der Waals surface area contributed by atoms with Gasteiger partial charge in [0.15, 0.2) is 0 Å². The van der Waals surface area contributed by atoms with Gasteiger partial charge in [-0.15, -0.1) is 0 Å². The van der Waals surface area contributed by atoms with Crippen LogP contribution in [0.25, 0.3) is 0 Å². The minimum Gasteiger partial charge on any atom is -0.354 e. The molecule has 3 aliphatic rings. The number of halogens is 1. The van der Waals surface area contributed by atoms with Crippen LogP contribution in [0.4, 0.5) is 0 Å². The molecule has 0 amide bonds. The fourth-order valence-corrected chi connectivity index (χ4v) is 4.34. The number of amidine groups is 1. The molecular formula is C25H32ClN3. The zero-order valence-corrected chi connectivity index (χ0v) is 18.7. The lowest BCUT2D eigenvalue weighted by Crippen LogP contribution is -2.49. The molecule has 0 atom stereocenters. The van der Waals surface area contributed by atoms with Gasteiger partial charge in [0.05, 0.1) is 5.70 Å². The predicted molar refractivity (Wildman–Crippen MR) is 124 cm³/mol. The standard InChI is InChI=1S/C25H32ClN3/c1-25(2,3)11-12-28-13-15-29(16-14-28)24-22-18-21(26)10-9-19(22)17-20-7-5-4-6-8-23(20)27-24/h4-6,8-10,18H,7,11-17H2,1-3H3. The Balaban J connectivity index is 1.58. The lowest BCUT2D eigenvalue weighted by molar-refractivity contribution is 0.162. The van der Waals surface area contributed by atoms with Crippen molar-refractivity contribution in [2.75, 3.05) is 32.7 Å². The molecule has 0 N–H and O–H groups in total. The molecule has 0 spiro atoms. The molecule has 2 heterocycles. The van der Waals surface area contributed by atoms with E-state index in [1.807, 2.05) is 6.07 Å². The Hall–Kier alpha value is -1.84. The van der Waals surface area contributed by atoms with E-state index in [1.54, 1.807) is 0 Å². The fourth-order valence-electron chi connectivity index (χ4n) is 4.17. The second kappa shape index (κ2) is 8.49. The fraction of sp³-hybridized carbons (Fsp3) is 0.480. The normalized spacial score (nSPS) is 20.1. The first-order valence-electron chi connectivity index (χ1n) is 10.8. The van der Waals surface area contributed by atoms with Crippen molar-refractivity contribution in [1.82, 2.24) is 9.80 Å². The number of fused-ring (bicyclic) bond motifs is 1. The van der Waals surface area contributed by atoms with Gasteiger partial charge >= 0.3 is 0 Å². The van der Waals surface area contributed by atoms with Gasteiger partial charge in [0.25, 0.3) is 0 Å². The van der Waals surface area contributed by atoms with Gasteiger partial charge in [-0.05, 0) is 60.6 Å². The molecule has 1 aromatic rings. The highest BCUT2D eigenvalue weighted by Crippen LogP contribution is 2.30. The lowest BCUT2D eigenvalue weighted by Gasteiger charge is -2.37. The van der Waals surface area contributed by atoms with Crippen LogP contribution in [0.1, 0.15) is 44.7 Å². The minimum atomic E-state index is 0.390. The maximum atomic E-state index is 6.40. The molecule has 1 aliphatic carbocycles. The van der Waals surface area contributed by atoms with Crippen molar-refractivity contribution < 1.29 is 0 Å². The predicted octanol–water partition coefficient (Wildman–Crippen LogP) is 5.47. The third kappa shape index (κ3) is 5.02. The van der Waals surface area contributed by atoms with E-state index in [2.05, 4.69) is 67.0 Å². The zero-order chi connectivity index (χ0) is 20.4. The number of aliphatic imine (C=N–C) groups is 1. The number of hydrogen-bond donors (Lipinski definition) is 0. The SMILES string of the molecule is CC(C)(C)CCN1CCN(C2=NC3=C(CC=CC=C3)Cc3ccc(Cl)cc32)CC1. The summed E-state index contributed by atoms with van der Waals surface area (Å²) in [4.78, 5) is 10.3. The molecule has 0 bridgehead atoms. The number of allylic oxidation sites excluding steroid dienone is 5. The van der Waals surface area contributed by atoms with Gasteiger partial charge in [-0.25, -0.2) is 4.99 Å². The first-order chi connectivity index (χ1) is 13.9. The van der Waals surface area contributed by atoms with Gasteiger partial charge in [-0.1, -0.05) is 56.7 Å². The number of nitrogens with zero attached hydrogens (tertiary/aromatic N) is 3. The number of benzene rings is 1. The van der Waals surface area contributed by atoms with Crippen LogP contribution in [0.5, 0.6) is 0 Å². The lowest BCUT2D eigenvalue weighted by atomic mass is 9.92. The van der Waals surface area contributed by atoms with E-state index in [-0.39, 0.29) is 0 Å². The Morgan fingerprint density at radius 1 is 1.07 bits per heavy atom. The molecule has 29 heavy (non-hydrogen) atoms. The summed E-state index contributed by atoms with van der Waals surface area (Å²) >= 11 is 6.40. The van der Waals surface area contributed by atoms with Crippen molar-refractivity contribution >= 4 is 17.4 Å². The van der Waals surface area contributed by atoms with Gasteiger partial charge in [0.1, 0.15) is 5.84 Å². The highest BCUT2D eigenvalue weighted by Gasteiger charge is 2.26. The van der Waals surface area contributed by atoms with Crippen LogP contribution in [-0.2, 0) is 6.42 Å². The monoisotopic (exact) mass is 409 g/mol. The van der Waals surface area contributed by atoms with E-state index in [1.165, 1.54) is 29.7 Å². The average Bonchev–Trinajstić information content (AvgIpc) is 2.98. The molecule has 0 radical (unpaired) electrons. The van der Waals surface area contributed by atoms with Gasteiger partial charge in [-0.2, -0.15) is 0 Å². The molecule has 2 aliphatic heterocycles. The van der Waals surface area contributed by atoms with Crippen molar-refractivity contribution in [2.24, 2.45) is 10.4 Å². The van der Waals surface area contributed by atoms with E-state index in [0.717, 1.165) is 55.6 Å². The highest BCUT2D eigenvalue weighted by molar-refractivity contribution is 6.31. The topological polar surface area (TPSA) is 18.8 Å². The Bertz CT molecular complexity index is 878. The summed E-state index contributed by atoms with van der Waals surface area (Å²) in [5, 5.41) is 0.785. The number of piperazine rings is 1. The molecule has 0 saturated carbocycles. The summed E-state index contributed by atoms with van der Waals surface area (Å²) in [5.74, 6) is 1.09. The van der Waals surface area contributed by atoms with Crippen LogP contribution in [0.3, 0.4) is 0 Å². The minimum absolute atomic E-state index is 0.390. The van der Waals surface area contributed by atoms with E-state index in [0.29, 0.717) is 5.41 Å². The van der Waals surface area contributed by atoms with E-state index in [9.17, 15) is 0 Å².